The Morgan fingerprint density at radius 2 is 1.88 bits per heavy atom. The van der Waals surface area contributed by atoms with Crippen LogP contribution in [0.1, 0.15) is 25.7 Å². The van der Waals surface area contributed by atoms with Crippen molar-refractivity contribution < 1.29 is 9.59 Å². The predicted octanol–water partition coefficient (Wildman–Crippen LogP) is 4.02. The summed E-state index contributed by atoms with van der Waals surface area (Å²) in [6.45, 7) is 1.77. The third-order valence-corrected chi connectivity index (χ3v) is 5.71. The van der Waals surface area contributed by atoms with Gasteiger partial charge in [0.1, 0.15) is 0 Å². The number of hydrazine groups is 1. The van der Waals surface area contributed by atoms with Crippen LogP contribution in [0.25, 0.3) is 10.6 Å². The number of nitrogens with zero attached hydrogens (tertiary/aromatic N) is 1. The number of aryl methyl sites for hydroxylation is 1. The lowest BCUT2D eigenvalue weighted by molar-refractivity contribution is 0.0848. The van der Waals surface area contributed by atoms with Crippen LogP contribution in [-0.2, 0) is 0 Å². The zero-order valence-corrected chi connectivity index (χ0v) is 15.7. The van der Waals surface area contributed by atoms with Gasteiger partial charge in [0.15, 0.2) is 0 Å². The number of aromatic nitrogens is 1. The summed E-state index contributed by atoms with van der Waals surface area (Å²) in [5, 5.41) is 1.98. The number of thiophene rings is 2. The predicted molar refractivity (Wildman–Crippen MR) is 99.2 cm³/mol. The molecule has 0 aromatic carbocycles. The maximum absolute atomic E-state index is 12.2. The summed E-state index contributed by atoms with van der Waals surface area (Å²) in [5.41, 5.74) is 6.67. The molecule has 3 rings (SSSR count). The van der Waals surface area contributed by atoms with Gasteiger partial charge in [0.25, 0.3) is 11.8 Å². The van der Waals surface area contributed by atoms with Gasteiger partial charge in [0.2, 0.25) is 0 Å². The van der Waals surface area contributed by atoms with E-state index in [2.05, 4.69) is 31.8 Å². The molecule has 3 heterocycles. The van der Waals surface area contributed by atoms with E-state index in [-0.39, 0.29) is 5.91 Å². The summed E-state index contributed by atoms with van der Waals surface area (Å²) in [6.07, 6.45) is 0. The van der Waals surface area contributed by atoms with Crippen molar-refractivity contribution in [3.05, 3.63) is 61.7 Å². The summed E-state index contributed by atoms with van der Waals surface area (Å²) in [4.78, 5) is 30.2. The molecule has 0 saturated heterocycles. The molecule has 3 aromatic heterocycles. The minimum atomic E-state index is -0.401. The van der Waals surface area contributed by atoms with Crippen LogP contribution in [0.5, 0.6) is 0 Å². The zero-order valence-electron chi connectivity index (χ0n) is 12.5. The molecule has 2 N–H and O–H groups in total. The smallest absolute Gasteiger partial charge is 0.267 e. The van der Waals surface area contributed by atoms with E-state index in [1.165, 1.54) is 11.3 Å². The van der Waals surface area contributed by atoms with E-state index in [4.69, 9.17) is 0 Å². The van der Waals surface area contributed by atoms with E-state index in [9.17, 15) is 9.59 Å². The Morgan fingerprint density at radius 3 is 2.50 bits per heavy atom. The lowest BCUT2D eigenvalue weighted by atomic mass is 10.1. The Balaban J connectivity index is 1.68. The van der Waals surface area contributed by atoms with Crippen molar-refractivity contribution in [2.24, 2.45) is 0 Å². The van der Waals surface area contributed by atoms with Gasteiger partial charge >= 0.3 is 0 Å². The Bertz CT molecular complexity index is 891. The molecular weight excluding hydrogens is 410 g/mol. The standard InChI is InChI=1S/C16H12BrN3O2S2/c1-9-10(4-5-11(18-9)12-3-2-8-23-12)15(21)19-20-16(22)13-6-7-14(17)24-13/h2-8H,1H3,(H,19,21)(H,20,22). The van der Waals surface area contributed by atoms with Crippen LogP contribution >= 0.6 is 38.6 Å². The number of hydrogen-bond acceptors (Lipinski definition) is 5. The van der Waals surface area contributed by atoms with E-state index in [0.717, 1.165) is 14.4 Å². The van der Waals surface area contributed by atoms with Gasteiger partial charge in [-0.2, -0.15) is 0 Å². The van der Waals surface area contributed by atoms with Gasteiger partial charge in [-0.15, -0.1) is 22.7 Å². The number of carbonyl (C=O) groups excluding carboxylic acids is 2. The Morgan fingerprint density at radius 1 is 1.08 bits per heavy atom. The average Bonchev–Trinajstić information content (AvgIpc) is 3.23. The van der Waals surface area contributed by atoms with Crippen molar-refractivity contribution in [1.29, 1.82) is 0 Å². The first-order chi connectivity index (χ1) is 11.5. The number of carbonyl (C=O) groups is 2. The van der Waals surface area contributed by atoms with E-state index in [1.54, 1.807) is 42.5 Å². The molecule has 0 atom stereocenters. The van der Waals surface area contributed by atoms with Gasteiger partial charge in [-0.3, -0.25) is 25.4 Å². The number of hydrogen-bond donors (Lipinski definition) is 2. The molecule has 2 amide bonds. The van der Waals surface area contributed by atoms with Gasteiger partial charge in [0.05, 0.1) is 30.5 Å². The topological polar surface area (TPSA) is 71.1 Å². The highest BCUT2D eigenvalue weighted by Crippen LogP contribution is 2.24. The van der Waals surface area contributed by atoms with Gasteiger partial charge in [-0.1, -0.05) is 6.07 Å². The van der Waals surface area contributed by atoms with Crippen LogP contribution in [0.15, 0.2) is 45.6 Å². The molecule has 0 bridgehead atoms. The van der Waals surface area contributed by atoms with Gasteiger partial charge in [-0.05, 0) is 58.6 Å². The molecule has 3 aromatic rings. The summed E-state index contributed by atoms with van der Waals surface area (Å²) < 4.78 is 0.850. The monoisotopic (exact) mass is 421 g/mol. The highest BCUT2D eigenvalue weighted by atomic mass is 79.9. The average molecular weight is 422 g/mol. The largest absolute Gasteiger partial charge is 0.279 e. The minimum absolute atomic E-state index is 0.361. The van der Waals surface area contributed by atoms with Gasteiger partial charge in [0, 0.05) is 0 Å². The van der Waals surface area contributed by atoms with E-state index < -0.39 is 5.91 Å². The third-order valence-electron chi connectivity index (χ3n) is 3.19. The Kier molecular flexibility index (Phi) is 5.08. The molecular formula is C16H12BrN3O2S2. The quantitative estimate of drug-likeness (QED) is 0.627. The van der Waals surface area contributed by atoms with E-state index in [0.29, 0.717) is 16.1 Å². The highest BCUT2D eigenvalue weighted by molar-refractivity contribution is 9.11. The second-order valence-electron chi connectivity index (χ2n) is 4.82. The zero-order chi connectivity index (χ0) is 17.1. The van der Waals surface area contributed by atoms with Crippen molar-refractivity contribution in [3.63, 3.8) is 0 Å². The second-order valence-corrected chi connectivity index (χ2v) is 8.23. The molecule has 122 valence electrons. The molecule has 0 unspecified atom stereocenters. The second kappa shape index (κ2) is 7.25. The molecule has 0 fully saturated rings. The summed E-state index contributed by atoms with van der Waals surface area (Å²) in [6, 6.07) is 10.9. The molecule has 0 aliphatic rings. The summed E-state index contributed by atoms with van der Waals surface area (Å²) in [5.74, 6) is -0.762. The Labute approximate surface area is 154 Å². The van der Waals surface area contributed by atoms with Crippen LogP contribution in [0.2, 0.25) is 0 Å². The Hall–Kier alpha value is -2.03. The molecule has 0 spiro atoms. The number of nitrogens with one attached hydrogen (secondary N) is 2. The van der Waals surface area contributed by atoms with Crippen LogP contribution in [0.3, 0.4) is 0 Å². The maximum atomic E-state index is 12.2. The minimum Gasteiger partial charge on any atom is -0.267 e. The van der Waals surface area contributed by atoms with Crippen LogP contribution in [0.4, 0.5) is 0 Å². The number of halogens is 1. The molecule has 24 heavy (non-hydrogen) atoms. The number of rotatable bonds is 3. The van der Waals surface area contributed by atoms with Crippen molar-refractivity contribution in [2.75, 3.05) is 0 Å². The van der Waals surface area contributed by atoms with E-state index >= 15 is 0 Å². The maximum Gasteiger partial charge on any atom is 0.279 e. The number of pyridine rings is 1. The highest BCUT2D eigenvalue weighted by Gasteiger charge is 2.14. The fourth-order valence-corrected chi connectivity index (χ4v) is 4.02. The lowest BCUT2D eigenvalue weighted by Crippen LogP contribution is -2.41. The van der Waals surface area contributed by atoms with Crippen molar-refractivity contribution in [3.8, 4) is 10.6 Å². The van der Waals surface area contributed by atoms with Crippen molar-refractivity contribution in [2.45, 2.75) is 6.92 Å². The fraction of sp³-hybridized carbons (Fsp3) is 0.0625. The van der Waals surface area contributed by atoms with Gasteiger partial charge < -0.3 is 0 Å². The van der Waals surface area contributed by atoms with Gasteiger partial charge in [-0.25, -0.2) is 0 Å². The third kappa shape index (κ3) is 3.72. The summed E-state index contributed by atoms with van der Waals surface area (Å²) >= 11 is 6.17. The first-order valence-electron chi connectivity index (χ1n) is 6.92. The molecule has 8 heteroatoms. The molecule has 0 saturated carbocycles. The molecule has 0 radical (unpaired) electrons. The first-order valence-corrected chi connectivity index (χ1v) is 9.41. The molecule has 0 aliphatic carbocycles. The summed E-state index contributed by atoms with van der Waals surface area (Å²) in [7, 11) is 0. The SMILES string of the molecule is Cc1nc(-c2cccs2)ccc1C(=O)NNC(=O)c1ccc(Br)s1. The first kappa shape index (κ1) is 16.8. The van der Waals surface area contributed by atoms with Crippen LogP contribution < -0.4 is 10.9 Å². The normalized spacial score (nSPS) is 10.4. The molecule has 5 nitrogen and oxygen atoms in total. The van der Waals surface area contributed by atoms with E-state index in [1.807, 2.05) is 17.5 Å². The number of amides is 2. The lowest BCUT2D eigenvalue weighted by Gasteiger charge is -2.09. The molecule has 0 aliphatic heterocycles. The fourth-order valence-electron chi connectivity index (χ4n) is 2.04. The van der Waals surface area contributed by atoms with Crippen LogP contribution in [-0.4, -0.2) is 16.8 Å². The van der Waals surface area contributed by atoms with Crippen molar-refractivity contribution >= 4 is 50.4 Å². The van der Waals surface area contributed by atoms with Crippen molar-refractivity contribution in [1.82, 2.24) is 15.8 Å². The van der Waals surface area contributed by atoms with Crippen LogP contribution in [0, 0.1) is 6.92 Å².